The van der Waals surface area contributed by atoms with E-state index in [0.29, 0.717) is 19.4 Å². The van der Waals surface area contributed by atoms with Crippen LogP contribution >= 0.6 is 0 Å². The molecular formula is C28H34N2O5. The van der Waals surface area contributed by atoms with Gasteiger partial charge in [0.05, 0.1) is 5.92 Å². The Morgan fingerprint density at radius 2 is 1.60 bits per heavy atom. The highest BCUT2D eigenvalue weighted by atomic mass is 16.5. The number of aliphatic carboxylic acids is 1. The minimum absolute atomic E-state index is 0.0138. The van der Waals surface area contributed by atoms with Crippen LogP contribution in [0.5, 0.6) is 0 Å². The van der Waals surface area contributed by atoms with Gasteiger partial charge in [-0.1, -0.05) is 67.8 Å². The number of carboxylic acids is 1. The fourth-order valence-corrected chi connectivity index (χ4v) is 5.43. The summed E-state index contributed by atoms with van der Waals surface area (Å²) < 4.78 is 5.72. The van der Waals surface area contributed by atoms with E-state index in [1.807, 2.05) is 24.3 Å². The molecule has 7 nitrogen and oxygen atoms in total. The molecule has 7 heteroatoms. The predicted octanol–water partition coefficient (Wildman–Crippen LogP) is 4.80. The molecule has 0 spiro atoms. The van der Waals surface area contributed by atoms with Crippen molar-refractivity contribution in [3.05, 3.63) is 59.7 Å². The van der Waals surface area contributed by atoms with Gasteiger partial charge >= 0.3 is 12.1 Å². The number of nitrogens with zero attached hydrogens (tertiary/aromatic N) is 1. The number of carboxylic acid groups (broad SMARTS) is 1. The minimum Gasteiger partial charge on any atom is -0.481 e. The van der Waals surface area contributed by atoms with Gasteiger partial charge in [-0.15, -0.1) is 0 Å². The molecule has 0 heterocycles. The molecule has 0 bridgehead atoms. The molecule has 2 N–H and O–H groups in total. The summed E-state index contributed by atoms with van der Waals surface area (Å²) in [5, 5.41) is 11.9. The van der Waals surface area contributed by atoms with Crippen molar-refractivity contribution in [2.75, 3.05) is 20.2 Å². The van der Waals surface area contributed by atoms with E-state index in [0.717, 1.165) is 36.8 Å². The number of carbonyl (C=O) groups is 3. The van der Waals surface area contributed by atoms with Crippen LogP contribution in [0.25, 0.3) is 11.1 Å². The van der Waals surface area contributed by atoms with Gasteiger partial charge in [-0.25, -0.2) is 4.79 Å². The van der Waals surface area contributed by atoms with Crippen molar-refractivity contribution < 1.29 is 24.2 Å². The van der Waals surface area contributed by atoms with Crippen LogP contribution in [0, 0.1) is 5.92 Å². The molecular weight excluding hydrogens is 444 g/mol. The lowest BCUT2D eigenvalue weighted by atomic mass is 9.93. The molecule has 0 aliphatic heterocycles. The molecule has 1 fully saturated rings. The Hall–Kier alpha value is -3.35. The first kappa shape index (κ1) is 24.8. The fraction of sp³-hybridized carbons (Fsp3) is 0.464. The summed E-state index contributed by atoms with van der Waals surface area (Å²) in [4.78, 5) is 38.4. The predicted molar refractivity (Wildman–Crippen MR) is 133 cm³/mol. The van der Waals surface area contributed by atoms with Crippen molar-refractivity contribution in [1.82, 2.24) is 10.2 Å². The van der Waals surface area contributed by atoms with Gasteiger partial charge in [0.15, 0.2) is 0 Å². The van der Waals surface area contributed by atoms with Crippen LogP contribution in [0.4, 0.5) is 4.79 Å². The standard InChI is InChI=1S/C28H34N2O5/c1-30(17-9-16-26(31)32)27(33)23-14-3-2-4-15-25(23)29-28(34)35-18-24-21-12-7-5-10-19(21)20-11-6-8-13-22(20)24/h5-8,10-13,23-25H,2-4,9,14-18H2,1H3,(H,29,34)(H,31,32)/t23-,25+/m1/s1. The number of carbonyl (C=O) groups excluding carboxylic acids is 2. The summed E-state index contributed by atoms with van der Waals surface area (Å²) in [6, 6.07) is 16.1. The fourth-order valence-electron chi connectivity index (χ4n) is 5.43. The maximum Gasteiger partial charge on any atom is 0.407 e. The summed E-state index contributed by atoms with van der Waals surface area (Å²) >= 11 is 0. The van der Waals surface area contributed by atoms with Gasteiger partial charge in [-0.2, -0.15) is 0 Å². The molecule has 2 aromatic rings. The molecule has 0 aromatic heterocycles. The van der Waals surface area contributed by atoms with Crippen molar-refractivity contribution in [2.24, 2.45) is 5.92 Å². The third-order valence-electron chi connectivity index (χ3n) is 7.24. The molecule has 2 amide bonds. The van der Waals surface area contributed by atoms with Gasteiger partial charge in [0.1, 0.15) is 6.61 Å². The van der Waals surface area contributed by atoms with E-state index in [1.165, 1.54) is 11.1 Å². The van der Waals surface area contributed by atoms with Crippen LogP contribution in [0.15, 0.2) is 48.5 Å². The number of fused-ring (bicyclic) bond motifs is 3. The number of nitrogens with one attached hydrogen (secondary N) is 1. The van der Waals surface area contributed by atoms with E-state index in [4.69, 9.17) is 9.84 Å². The first-order valence-electron chi connectivity index (χ1n) is 12.5. The lowest BCUT2D eigenvalue weighted by molar-refractivity contribution is -0.139. The average Bonchev–Trinajstić information content (AvgIpc) is 2.98. The number of benzene rings is 2. The third-order valence-corrected chi connectivity index (χ3v) is 7.24. The Morgan fingerprint density at radius 3 is 2.26 bits per heavy atom. The second-order valence-electron chi connectivity index (χ2n) is 9.58. The van der Waals surface area contributed by atoms with E-state index < -0.39 is 12.1 Å². The second-order valence-corrected chi connectivity index (χ2v) is 9.58. The largest absolute Gasteiger partial charge is 0.481 e. The lowest BCUT2D eigenvalue weighted by Gasteiger charge is -2.29. The molecule has 1 saturated carbocycles. The zero-order chi connectivity index (χ0) is 24.8. The summed E-state index contributed by atoms with van der Waals surface area (Å²) in [5.74, 6) is -1.25. The Kier molecular flexibility index (Phi) is 8.06. The van der Waals surface area contributed by atoms with E-state index in [2.05, 4.69) is 29.6 Å². The van der Waals surface area contributed by atoms with Gasteiger partial charge in [-0.05, 0) is 41.5 Å². The highest BCUT2D eigenvalue weighted by Gasteiger charge is 2.34. The molecule has 4 rings (SSSR count). The Labute approximate surface area is 206 Å². The number of rotatable bonds is 8. The molecule has 0 saturated heterocycles. The molecule has 2 atom stereocenters. The van der Waals surface area contributed by atoms with Crippen molar-refractivity contribution in [2.45, 2.75) is 56.9 Å². The van der Waals surface area contributed by atoms with E-state index >= 15 is 0 Å². The molecule has 2 aliphatic rings. The van der Waals surface area contributed by atoms with Crippen molar-refractivity contribution >= 4 is 18.0 Å². The van der Waals surface area contributed by atoms with E-state index in [1.54, 1.807) is 11.9 Å². The van der Waals surface area contributed by atoms with E-state index in [9.17, 15) is 14.4 Å². The number of alkyl carbamates (subject to hydrolysis) is 1. The number of amides is 2. The monoisotopic (exact) mass is 478 g/mol. The Morgan fingerprint density at radius 1 is 0.971 bits per heavy atom. The number of hydrogen-bond acceptors (Lipinski definition) is 4. The van der Waals surface area contributed by atoms with Crippen LogP contribution in [0.1, 0.15) is 62.0 Å². The van der Waals surface area contributed by atoms with Crippen LogP contribution in [0.3, 0.4) is 0 Å². The van der Waals surface area contributed by atoms with Crippen molar-refractivity contribution in [1.29, 1.82) is 0 Å². The summed E-state index contributed by atoms with van der Waals surface area (Å²) in [6.45, 7) is 0.625. The highest BCUT2D eigenvalue weighted by Crippen LogP contribution is 2.44. The number of hydrogen-bond donors (Lipinski definition) is 2. The maximum atomic E-state index is 13.1. The topological polar surface area (TPSA) is 95.9 Å². The van der Waals surface area contributed by atoms with Crippen molar-refractivity contribution in [3.63, 3.8) is 0 Å². The number of ether oxygens (including phenoxy) is 1. The quantitative estimate of drug-likeness (QED) is 0.532. The van der Waals surface area contributed by atoms with Crippen LogP contribution in [-0.4, -0.2) is 54.2 Å². The maximum absolute atomic E-state index is 13.1. The molecule has 2 aromatic carbocycles. The molecule has 0 unspecified atom stereocenters. The van der Waals surface area contributed by atoms with Gasteiger partial charge in [-0.3, -0.25) is 9.59 Å². The normalized spacial score (nSPS) is 19.2. The van der Waals surface area contributed by atoms with Crippen LogP contribution in [-0.2, 0) is 14.3 Å². The Balaban J connectivity index is 1.38. The first-order chi connectivity index (χ1) is 17.0. The van der Waals surface area contributed by atoms with Crippen molar-refractivity contribution in [3.8, 4) is 11.1 Å². The molecule has 35 heavy (non-hydrogen) atoms. The zero-order valence-corrected chi connectivity index (χ0v) is 20.2. The summed E-state index contributed by atoms with van der Waals surface area (Å²) in [5.41, 5.74) is 4.67. The zero-order valence-electron chi connectivity index (χ0n) is 20.2. The summed E-state index contributed by atoms with van der Waals surface area (Å²) in [7, 11) is 1.71. The van der Waals surface area contributed by atoms with Gasteiger partial charge < -0.3 is 20.1 Å². The van der Waals surface area contributed by atoms with Gasteiger partial charge in [0.25, 0.3) is 0 Å². The molecule has 0 radical (unpaired) electrons. The third kappa shape index (κ3) is 5.84. The van der Waals surface area contributed by atoms with Gasteiger partial charge in [0, 0.05) is 32.0 Å². The smallest absolute Gasteiger partial charge is 0.407 e. The van der Waals surface area contributed by atoms with E-state index in [-0.39, 0.29) is 36.8 Å². The van der Waals surface area contributed by atoms with Crippen LogP contribution < -0.4 is 5.32 Å². The minimum atomic E-state index is -0.866. The molecule has 186 valence electrons. The summed E-state index contributed by atoms with van der Waals surface area (Å²) in [6.07, 6.45) is 4.28. The second kappa shape index (κ2) is 11.4. The molecule has 2 aliphatic carbocycles. The van der Waals surface area contributed by atoms with Crippen LogP contribution in [0.2, 0.25) is 0 Å². The highest BCUT2D eigenvalue weighted by molar-refractivity contribution is 5.81. The van der Waals surface area contributed by atoms with Gasteiger partial charge in [0.2, 0.25) is 5.91 Å². The first-order valence-corrected chi connectivity index (χ1v) is 12.5. The average molecular weight is 479 g/mol. The SMILES string of the molecule is CN(CCCC(=O)O)C(=O)[C@@H]1CCCCC[C@@H]1NC(=O)OCC1c2ccccc2-c2ccccc21. The Bertz CT molecular complexity index is 1020. The lowest BCUT2D eigenvalue weighted by Crippen LogP contribution is -2.47.